The first-order valence-electron chi connectivity index (χ1n) is 3.01. The highest BCUT2D eigenvalue weighted by Crippen LogP contribution is 2.07. The van der Waals surface area contributed by atoms with Crippen LogP contribution in [0.25, 0.3) is 0 Å². The molecule has 0 atom stereocenters. The molecule has 0 saturated heterocycles. The summed E-state index contributed by atoms with van der Waals surface area (Å²) in [4.78, 5) is 14.4. The number of aliphatic imine (C=N–C) groups is 1. The number of hydrogen-bond donors (Lipinski definition) is 0. The summed E-state index contributed by atoms with van der Waals surface area (Å²) >= 11 is 0. The van der Waals surface area contributed by atoms with Crippen molar-refractivity contribution in [3.05, 3.63) is 18.2 Å². The minimum absolute atomic E-state index is 0.361. The van der Waals surface area contributed by atoms with Gasteiger partial charge in [-0.25, -0.2) is 4.79 Å². The number of nitrogens with zero attached hydrogens (tertiary/aromatic N) is 1. The van der Waals surface area contributed by atoms with E-state index in [9.17, 15) is 4.79 Å². The molecule has 1 aliphatic rings. The molecule has 0 spiro atoms. The first-order chi connectivity index (χ1) is 4.84. The van der Waals surface area contributed by atoms with Crippen LogP contribution >= 0.6 is 0 Å². The molecule has 2 radical (unpaired) electrons. The highest BCUT2D eigenvalue weighted by molar-refractivity contribution is 5.98. The largest absolute Gasteiger partial charge is 0.463 e. The van der Waals surface area contributed by atoms with Crippen molar-refractivity contribution in [2.45, 2.75) is 6.92 Å². The minimum Gasteiger partial charge on any atom is -0.463 e. The van der Waals surface area contributed by atoms with E-state index in [4.69, 9.17) is 0 Å². The molecule has 1 heterocycles. The molecule has 0 bridgehead atoms. The zero-order valence-electron chi connectivity index (χ0n) is 5.63. The van der Waals surface area contributed by atoms with E-state index in [1.54, 1.807) is 13.0 Å². The number of carbonyl (C=O) groups excluding carboxylic acids is 1. The standard InChI is InChI=1S/C7H7NO2/c1-2-10-7(9)6-3-4-8-5-6/h3-4H,2H2,1H3. The molecule has 0 saturated carbocycles. The van der Waals surface area contributed by atoms with Crippen LogP contribution in [-0.4, -0.2) is 18.8 Å². The molecule has 0 N–H and O–H groups in total. The Labute approximate surface area is 59.4 Å². The van der Waals surface area contributed by atoms with Gasteiger partial charge < -0.3 is 4.74 Å². The molecule has 52 valence electrons. The summed E-state index contributed by atoms with van der Waals surface area (Å²) < 4.78 is 4.68. The van der Waals surface area contributed by atoms with Crippen molar-refractivity contribution in [3.8, 4) is 0 Å². The van der Waals surface area contributed by atoms with Gasteiger partial charge in [0, 0.05) is 6.21 Å². The van der Waals surface area contributed by atoms with E-state index in [2.05, 4.69) is 16.3 Å². The van der Waals surface area contributed by atoms with Crippen LogP contribution in [0.3, 0.4) is 0 Å². The van der Waals surface area contributed by atoms with Crippen molar-refractivity contribution < 1.29 is 9.53 Å². The number of esters is 1. The van der Waals surface area contributed by atoms with Crippen LogP contribution in [0.4, 0.5) is 0 Å². The average Bonchev–Trinajstić information content (AvgIpc) is 2.38. The second kappa shape index (κ2) is 3.15. The fraction of sp³-hybridized carbons (Fsp3) is 0.286. The number of rotatable bonds is 2. The van der Waals surface area contributed by atoms with Gasteiger partial charge in [-0.2, -0.15) is 0 Å². The van der Waals surface area contributed by atoms with Gasteiger partial charge >= 0.3 is 5.97 Å². The van der Waals surface area contributed by atoms with E-state index in [1.165, 1.54) is 6.21 Å². The minimum atomic E-state index is -0.361. The molecular weight excluding hydrogens is 130 g/mol. The molecule has 0 unspecified atom stereocenters. The van der Waals surface area contributed by atoms with Crippen LogP contribution in [0.5, 0.6) is 0 Å². The number of allylic oxidation sites excluding steroid dienone is 1. The predicted octanol–water partition coefficient (Wildman–Crippen LogP) is 0.599. The lowest BCUT2D eigenvalue weighted by atomic mass is 10.3. The topological polar surface area (TPSA) is 38.7 Å². The van der Waals surface area contributed by atoms with E-state index < -0.39 is 0 Å². The average molecular weight is 137 g/mol. The SMILES string of the molecule is CCOC(=O)C1=CC=N[C]1. The van der Waals surface area contributed by atoms with Crippen LogP contribution in [0.2, 0.25) is 0 Å². The van der Waals surface area contributed by atoms with Crippen molar-refractivity contribution >= 4 is 12.2 Å². The second-order valence-electron chi connectivity index (χ2n) is 1.69. The van der Waals surface area contributed by atoms with E-state index in [0.717, 1.165) is 0 Å². The maximum absolute atomic E-state index is 10.8. The van der Waals surface area contributed by atoms with Gasteiger partial charge in [0.25, 0.3) is 0 Å². The molecular formula is C7H7NO2. The summed E-state index contributed by atoms with van der Waals surface area (Å²) in [5.41, 5.74) is 0.391. The summed E-state index contributed by atoms with van der Waals surface area (Å²) in [6, 6.07) is 0. The van der Waals surface area contributed by atoms with Crippen LogP contribution < -0.4 is 0 Å². The van der Waals surface area contributed by atoms with Crippen molar-refractivity contribution in [1.29, 1.82) is 0 Å². The lowest BCUT2D eigenvalue weighted by Crippen LogP contribution is -2.05. The molecule has 0 aliphatic carbocycles. The first kappa shape index (κ1) is 6.99. The van der Waals surface area contributed by atoms with E-state index in [1.807, 2.05) is 0 Å². The number of carbonyl (C=O) groups is 1. The molecule has 1 aliphatic heterocycles. The fourth-order valence-corrected chi connectivity index (χ4v) is 0.578. The van der Waals surface area contributed by atoms with Gasteiger partial charge in [-0.05, 0) is 13.0 Å². The van der Waals surface area contributed by atoms with Crippen molar-refractivity contribution in [3.63, 3.8) is 0 Å². The van der Waals surface area contributed by atoms with Gasteiger partial charge in [0.2, 0.25) is 0 Å². The summed E-state index contributed by atoms with van der Waals surface area (Å²) in [7, 11) is 0. The Kier molecular flexibility index (Phi) is 2.20. The number of hydrogen-bond acceptors (Lipinski definition) is 3. The Morgan fingerprint density at radius 3 is 3.20 bits per heavy atom. The van der Waals surface area contributed by atoms with Gasteiger partial charge in [-0.3, -0.25) is 4.99 Å². The Hall–Kier alpha value is -1.12. The summed E-state index contributed by atoms with van der Waals surface area (Å²) in [6.07, 6.45) is 3.07. The Balaban J connectivity index is 2.43. The lowest BCUT2D eigenvalue weighted by Gasteiger charge is -1.98. The Bertz CT molecular complexity index is 194. The maximum atomic E-state index is 10.8. The van der Waals surface area contributed by atoms with E-state index in [0.29, 0.717) is 12.2 Å². The predicted molar refractivity (Wildman–Crippen MR) is 36.5 cm³/mol. The third-order valence-electron chi connectivity index (χ3n) is 0.996. The fourth-order valence-electron chi connectivity index (χ4n) is 0.578. The Morgan fingerprint density at radius 2 is 2.70 bits per heavy atom. The van der Waals surface area contributed by atoms with Gasteiger partial charge in [0.05, 0.1) is 12.2 Å². The van der Waals surface area contributed by atoms with Crippen molar-refractivity contribution in [2.75, 3.05) is 6.61 Å². The van der Waals surface area contributed by atoms with E-state index in [-0.39, 0.29) is 5.97 Å². The third-order valence-corrected chi connectivity index (χ3v) is 0.996. The zero-order chi connectivity index (χ0) is 7.40. The summed E-state index contributed by atoms with van der Waals surface area (Å²) in [5.74, 6) is -0.361. The van der Waals surface area contributed by atoms with Crippen molar-refractivity contribution in [2.24, 2.45) is 4.99 Å². The Morgan fingerprint density at radius 1 is 1.90 bits per heavy atom. The van der Waals surface area contributed by atoms with Crippen LogP contribution in [0.1, 0.15) is 6.92 Å². The molecule has 0 aromatic rings. The van der Waals surface area contributed by atoms with Gasteiger partial charge in [-0.1, -0.05) is 0 Å². The zero-order valence-corrected chi connectivity index (χ0v) is 5.63. The number of ether oxygens (including phenoxy) is 1. The molecule has 1 rings (SSSR count). The molecule has 0 fully saturated rings. The lowest BCUT2D eigenvalue weighted by molar-refractivity contribution is -0.138. The maximum Gasteiger partial charge on any atom is 0.336 e. The van der Waals surface area contributed by atoms with Gasteiger partial charge in [-0.15, -0.1) is 0 Å². The first-order valence-corrected chi connectivity index (χ1v) is 3.01. The summed E-state index contributed by atoms with van der Waals surface area (Å²) in [5, 5.41) is 0. The molecule has 3 heteroatoms. The van der Waals surface area contributed by atoms with Crippen LogP contribution in [-0.2, 0) is 9.53 Å². The van der Waals surface area contributed by atoms with Gasteiger partial charge in [0.1, 0.15) is 0 Å². The highest BCUT2D eigenvalue weighted by atomic mass is 16.5. The molecule has 3 nitrogen and oxygen atoms in total. The van der Waals surface area contributed by atoms with Gasteiger partial charge in [0.15, 0.2) is 6.54 Å². The molecule has 10 heavy (non-hydrogen) atoms. The van der Waals surface area contributed by atoms with Crippen molar-refractivity contribution in [1.82, 2.24) is 0 Å². The monoisotopic (exact) mass is 137 g/mol. The van der Waals surface area contributed by atoms with Crippen LogP contribution in [0, 0.1) is 6.54 Å². The molecule has 0 amide bonds. The van der Waals surface area contributed by atoms with Crippen LogP contribution in [0.15, 0.2) is 16.6 Å². The normalized spacial score (nSPS) is 15.1. The quantitative estimate of drug-likeness (QED) is 0.523. The third kappa shape index (κ3) is 1.43. The second-order valence-corrected chi connectivity index (χ2v) is 1.69. The molecule has 0 aromatic heterocycles. The highest BCUT2D eigenvalue weighted by Gasteiger charge is 2.12. The summed E-state index contributed by atoms with van der Waals surface area (Å²) in [6.45, 7) is 4.64. The molecule has 0 aromatic carbocycles. The van der Waals surface area contributed by atoms with E-state index >= 15 is 0 Å². The smallest absolute Gasteiger partial charge is 0.336 e.